The van der Waals surface area contributed by atoms with Crippen LogP contribution in [-0.2, 0) is 11.3 Å². The van der Waals surface area contributed by atoms with Gasteiger partial charge in [-0.25, -0.2) is 0 Å². The number of hydrogen-bond acceptors (Lipinski definition) is 2. The molecule has 1 rings (SSSR count). The number of amides is 1. The van der Waals surface area contributed by atoms with Crippen LogP contribution in [0, 0.1) is 31.1 Å². The highest BCUT2D eigenvalue weighted by Gasteiger charge is 2.24. The van der Waals surface area contributed by atoms with Crippen molar-refractivity contribution in [3.63, 3.8) is 0 Å². The Morgan fingerprint density at radius 2 is 1.96 bits per heavy atom. The maximum absolute atomic E-state index is 12.8. The number of nitrogens with zero attached hydrogens (tertiary/aromatic N) is 3. The largest absolute Gasteiger partial charge is 0.349 e. The van der Waals surface area contributed by atoms with Crippen LogP contribution in [0.3, 0.4) is 0 Å². The van der Waals surface area contributed by atoms with Gasteiger partial charge >= 0.3 is 0 Å². The second kappa shape index (κ2) is 8.73. The Labute approximate surface area is 146 Å². The molecule has 0 fully saturated rings. The molecule has 1 heterocycles. The number of carbonyl (C=O) groups excluding carboxylic acids is 1. The van der Waals surface area contributed by atoms with E-state index in [1.165, 1.54) is 0 Å². The molecule has 1 atom stereocenters. The number of carbonyl (C=O) groups is 1. The third kappa shape index (κ3) is 4.29. The zero-order valence-corrected chi connectivity index (χ0v) is 16.2. The minimum absolute atomic E-state index is 0.103. The minimum atomic E-state index is -0.179. The molecule has 0 aliphatic heterocycles. The molecular weight excluding hydrogens is 298 g/mol. The van der Waals surface area contributed by atoms with Crippen LogP contribution >= 0.6 is 0 Å². The molecule has 1 unspecified atom stereocenters. The molecule has 0 saturated carbocycles. The van der Waals surface area contributed by atoms with E-state index in [0.717, 1.165) is 29.9 Å². The van der Waals surface area contributed by atoms with E-state index in [4.69, 9.17) is 0 Å². The Bertz CT molecular complexity index is 647. The van der Waals surface area contributed by atoms with Crippen molar-refractivity contribution in [1.29, 1.82) is 5.26 Å². The van der Waals surface area contributed by atoms with E-state index in [-0.39, 0.29) is 17.5 Å². The van der Waals surface area contributed by atoms with Crippen molar-refractivity contribution in [2.75, 3.05) is 6.54 Å². The minimum Gasteiger partial charge on any atom is -0.349 e. The number of rotatable bonds is 7. The molecule has 1 aromatic heterocycles. The lowest BCUT2D eigenvalue weighted by Gasteiger charge is -2.30. The van der Waals surface area contributed by atoms with Gasteiger partial charge in [-0.2, -0.15) is 5.26 Å². The van der Waals surface area contributed by atoms with Crippen LogP contribution in [-0.4, -0.2) is 28.0 Å². The summed E-state index contributed by atoms with van der Waals surface area (Å²) in [6.07, 6.45) is 2.80. The third-order valence-electron chi connectivity index (χ3n) is 4.77. The van der Waals surface area contributed by atoms with Crippen LogP contribution in [0.5, 0.6) is 0 Å². The van der Waals surface area contributed by atoms with Crippen LogP contribution < -0.4 is 0 Å². The lowest BCUT2D eigenvalue weighted by molar-refractivity contribution is -0.129. The first-order valence-corrected chi connectivity index (χ1v) is 8.87. The fourth-order valence-electron chi connectivity index (χ4n) is 2.97. The van der Waals surface area contributed by atoms with Crippen molar-refractivity contribution in [3.8, 4) is 6.07 Å². The lowest BCUT2D eigenvalue weighted by atomic mass is 10.0. The maximum Gasteiger partial charge on any atom is 0.264 e. The second-order valence-corrected chi connectivity index (χ2v) is 6.72. The molecule has 0 aromatic carbocycles. The molecule has 4 heteroatoms. The molecule has 0 saturated heterocycles. The molecule has 4 nitrogen and oxygen atoms in total. The molecule has 0 aliphatic rings. The first kappa shape index (κ1) is 20.0. The monoisotopic (exact) mass is 329 g/mol. The SMILES string of the molecule is CCCn1c(C)cc(C=C(C#N)C(=O)N(CC)C(C)C(C)C)c1C. The predicted molar refractivity (Wildman–Crippen MR) is 99.5 cm³/mol. The Morgan fingerprint density at radius 3 is 2.42 bits per heavy atom. The van der Waals surface area contributed by atoms with Gasteiger partial charge in [-0.3, -0.25) is 4.79 Å². The highest BCUT2D eigenvalue weighted by Crippen LogP contribution is 2.20. The summed E-state index contributed by atoms with van der Waals surface area (Å²) in [5.74, 6) is 0.171. The summed E-state index contributed by atoms with van der Waals surface area (Å²) in [4.78, 5) is 14.6. The molecule has 1 amide bonds. The van der Waals surface area contributed by atoms with Crippen LogP contribution in [0.4, 0.5) is 0 Å². The number of hydrogen-bond donors (Lipinski definition) is 0. The normalized spacial score (nSPS) is 13.0. The van der Waals surface area contributed by atoms with E-state index in [2.05, 4.69) is 44.4 Å². The quantitative estimate of drug-likeness (QED) is 0.552. The third-order valence-corrected chi connectivity index (χ3v) is 4.77. The standard InChI is InChI=1S/C20H31N3O/c1-8-10-23-15(5)11-18(17(23)7)12-19(13-21)20(24)22(9-2)16(6)14(3)4/h11-12,14,16H,8-10H2,1-7H3. The number of aromatic nitrogens is 1. The van der Waals surface area contributed by atoms with Gasteiger partial charge in [0.1, 0.15) is 11.6 Å². The molecular formula is C20H31N3O. The Kier molecular flexibility index (Phi) is 7.28. The molecule has 132 valence electrons. The van der Waals surface area contributed by atoms with Gasteiger partial charge < -0.3 is 9.47 Å². The van der Waals surface area contributed by atoms with Crippen LogP contribution in [0.2, 0.25) is 0 Å². The highest BCUT2D eigenvalue weighted by atomic mass is 16.2. The van der Waals surface area contributed by atoms with E-state index in [0.29, 0.717) is 12.5 Å². The summed E-state index contributed by atoms with van der Waals surface area (Å²) in [5.41, 5.74) is 3.43. The summed E-state index contributed by atoms with van der Waals surface area (Å²) in [7, 11) is 0. The fraction of sp³-hybridized carbons (Fsp3) is 0.600. The molecule has 0 aliphatic carbocycles. The van der Waals surface area contributed by atoms with Crippen molar-refractivity contribution >= 4 is 12.0 Å². The van der Waals surface area contributed by atoms with Gasteiger partial charge in [0.05, 0.1) is 0 Å². The summed E-state index contributed by atoms with van der Waals surface area (Å²) >= 11 is 0. The lowest BCUT2D eigenvalue weighted by Crippen LogP contribution is -2.41. The van der Waals surface area contributed by atoms with Gasteiger partial charge in [0.25, 0.3) is 5.91 Å². The second-order valence-electron chi connectivity index (χ2n) is 6.72. The fourth-order valence-corrected chi connectivity index (χ4v) is 2.97. The molecule has 24 heavy (non-hydrogen) atoms. The first-order chi connectivity index (χ1) is 11.3. The summed E-state index contributed by atoms with van der Waals surface area (Å²) in [5, 5.41) is 9.52. The van der Waals surface area contributed by atoms with E-state index in [1.54, 1.807) is 11.0 Å². The van der Waals surface area contributed by atoms with Crippen molar-refractivity contribution in [3.05, 3.63) is 28.6 Å². The van der Waals surface area contributed by atoms with Gasteiger partial charge in [-0.15, -0.1) is 0 Å². The van der Waals surface area contributed by atoms with Crippen LogP contribution in [0.25, 0.3) is 6.08 Å². The van der Waals surface area contributed by atoms with Crippen LogP contribution in [0.1, 0.15) is 58.0 Å². The van der Waals surface area contributed by atoms with E-state index in [1.807, 2.05) is 20.8 Å². The summed E-state index contributed by atoms with van der Waals surface area (Å²) in [6.45, 7) is 16.0. The smallest absolute Gasteiger partial charge is 0.264 e. The zero-order chi connectivity index (χ0) is 18.4. The van der Waals surface area contributed by atoms with Gasteiger partial charge in [0.15, 0.2) is 0 Å². The van der Waals surface area contributed by atoms with Crippen molar-refractivity contribution in [2.24, 2.45) is 5.92 Å². The topological polar surface area (TPSA) is 49.0 Å². The van der Waals surface area contributed by atoms with Gasteiger partial charge in [0, 0.05) is 30.5 Å². The molecule has 1 aromatic rings. The Balaban J connectivity index is 3.22. The van der Waals surface area contributed by atoms with Gasteiger partial charge in [-0.05, 0) is 57.7 Å². The molecule has 0 N–H and O–H groups in total. The molecule has 0 spiro atoms. The van der Waals surface area contributed by atoms with Gasteiger partial charge in [0.2, 0.25) is 0 Å². The number of nitriles is 1. The van der Waals surface area contributed by atoms with Crippen molar-refractivity contribution in [1.82, 2.24) is 9.47 Å². The van der Waals surface area contributed by atoms with E-state index in [9.17, 15) is 10.1 Å². The number of aryl methyl sites for hydroxylation is 1. The highest BCUT2D eigenvalue weighted by molar-refractivity contribution is 6.02. The van der Waals surface area contributed by atoms with Crippen molar-refractivity contribution < 1.29 is 4.79 Å². The van der Waals surface area contributed by atoms with E-state index < -0.39 is 0 Å². The van der Waals surface area contributed by atoms with Crippen LogP contribution in [0.15, 0.2) is 11.6 Å². The summed E-state index contributed by atoms with van der Waals surface area (Å²) in [6, 6.07) is 4.26. The molecule has 0 radical (unpaired) electrons. The van der Waals surface area contributed by atoms with Gasteiger partial charge in [-0.1, -0.05) is 20.8 Å². The van der Waals surface area contributed by atoms with Crippen molar-refractivity contribution in [2.45, 2.75) is 67.5 Å². The predicted octanol–water partition coefficient (Wildman–Crippen LogP) is 4.31. The zero-order valence-electron chi connectivity index (χ0n) is 16.2. The number of likely N-dealkylation sites (N-methyl/N-ethyl adjacent to an activating group) is 1. The average molecular weight is 329 g/mol. The Hall–Kier alpha value is -2.02. The molecule has 0 bridgehead atoms. The summed E-state index contributed by atoms with van der Waals surface area (Å²) < 4.78 is 2.24. The Morgan fingerprint density at radius 1 is 1.33 bits per heavy atom. The maximum atomic E-state index is 12.8. The first-order valence-electron chi connectivity index (χ1n) is 8.87. The average Bonchev–Trinajstić information content (AvgIpc) is 2.80. The van der Waals surface area contributed by atoms with E-state index >= 15 is 0 Å².